The molecule has 0 heterocycles. The molecule has 0 radical (unpaired) electrons. The Hall–Kier alpha value is -2.78. The number of hydrogen-bond acceptors (Lipinski definition) is 3. The summed E-state index contributed by atoms with van der Waals surface area (Å²) in [5.74, 6) is 0. The van der Waals surface area contributed by atoms with E-state index < -0.39 is 5.54 Å². The topological polar surface area (TPSA) is 78.1 Å². The van der Waals surface area contributed by atoms with Crippen LogP contribution in [-0.2, 0) is 5.54 Å². The van der Waals surface area contributed by atoms with E-state index in [2.05, 4.69) is 0 Å². The first-order chi connectivity index (χ1) is 11.0. The Morgan fingerprint density at radius 1 is 0.696 bits per heavy atom. The van der Waals surface area contributed by atoms with Crippen molar-refractivity contribution in [2.24, 2.45) is 5.73 Å². The first-order valence-electron chi connectivity index (χ1n) is 7.60. The molecule has 0 spiro atoms. The fraction of sp³-hybridized carbons (Fsp3) is 0.100. The third-order valence-electron chi connectivity index (χ3n) is 4.43. The number of hydrogen-bond donors (Lipinski definition) is 3. The summed E-state index contributed by atoms with van der Waals surface area (Å²) in [7, 11) is 0. The highest BCUT2D eigenvalue weighted by Gasteiger charge is 2.33. The van der Waals surface area contributed by atoms with Gasteiger partial charge in [-0.2, -0.15) is 0 Å². The second-order valence-electron chi connectivity index (χ2n) is 5.78. The summed E-state index contributed by atoms with van der Waals surface area (Å²) in [6.07, 6.45) is 0. The molecule has 3 rings (SSSR count). The van der Waals surface area contributed by atoms with Gasteiger partial charge in [-0.25, -0.2) is 0 Å². The Kier molecular flexibility index (Phi) is 3.80. The number of anilines is 2. The lowest BCUT2D eigenvalue weighted by molar-refractivity contribution is 0.648. The average Bonchev–Trinajstić information content (AvgIpc) is 2.61. The Bertz CT molecular complexity index is 772. The molecular formula is C20H21N3. The van der Waals surface area contributed by atoms with Crippen LogP contribution in [0.15, 0.2) is 72.8 Å². The van der Waals surface area contributed by atoms with Gasteiger partial charge in [0.05, 0.1) is 16.9 Å². The largest absolute Gasteiger partial charge is 0.397 e. The lowest BCUT2D eigenvalue weighted by Gasteiger charge is -2.33. The molecule has 0 aliphatic rings. The molecule has 6 N–H and O–H groups in total. The molecule has 0 saturated heterocycles. The Morgan fingerprint density at radius 2 is 1.17 bits per heavy atom. The van der Waals surface area contributed by atoms with Gasteiger partial charge in [0.25, 0.3) is 0 Å². The first-order valence-corrected chi connectivity index (χ1v) is 7.60. The van der Waals surface area contributed by atoms with Crippen LogP contribution in [0.3, 0.4) is 0 Å². The summed E-state index contributed by atoms with van der Waals surface area (Å²) in [6, 6.07) is 23.9. The molecule has 3 aromatic rings. The molecule has 0 unspecified atom stereocenters. The Balaban J connectivity index is 2.32. The zero-order valence-corrected chi connectivity index (χ0v) is 13.2. The van der Waals surface area contributed by atoms with E-state index >= 15 is 0 Å². The maximum absolute atomic E-state index is 6.99. The molecule has 23 heavy (non-hydrogen) atoms. The van der Waals surface area contributed by atoms with Gasteiger partial charge in [0.2, 0.25) is 0 Å². The molecule has 0 aliphatic carbocycles. The summed E-state index contributed by atoms with van der Waals surface area (Å²) in [5.41, 5.74) is 23.4. The van der Waals surface area contributed by atoms with Crippen molar-refractivity contribution < 1.29 is 0 Å². The van der Waals surface area contributed by atoms with Crippen LogP contribution in [0.1, 0.15) is 22.3 Å². The van der Waals surface area contributed by atoms with Crippen molar-refractivity contribution in [1.82, 2.24) is 0 Å². The maximum atomic E-state index is 6.99. The molecule has 3 nitrogen and oxygen atoms in total. The standard InChI is InChI=1S/C20H21N3/c1-14-17(12-13-18(21)19(14)22)20(23,15-8-4-2-5-9-15)16-10-6-3-7-11-16/h2-13H,21-23H2,1H3. The summed E-state index contributed by atoms with van der Waals surface area (Å²) < 4.78 is 0. The second kappa shape index (κ2) is 5.78. The Morgan fingerprint density at radius 3 is 1.65 bits per heavy atom. The van der Waals surface area contributed by atoms with E-state index in [1.807, 2.05) is 79.7 Å². The van der Waals surface area contributed by atoms with Gasteiger partial charge in [-0.15, -0.1) is 0 Å². The minimum atomic E-state index is -0.783. The van der Waals surface area contributed by atoms with E-state index in [1.165, 1.54) is 0 Å². The molecular weight excluding hydrogens is 282 g/mol. The first kappa shape index (κ1) is 15.1. The van der Waals surface area contributed by atoms with Crippen molar-refractivity contribution in [3.05, 3.63) is 95.1 Å². The monoisotopic (exact) mass is 303 g/mol. The number of rotatable bonds is 3. The van der Waals surface area contributed by atoms with Crippen LogP contribution in [-0.4, -0.2) is 0 Å². The molecule has 0 aliphatic heterocycles. The van der Waals surface area contributed by atoms with Crippen molar-refractivity contribution in [1.29, 1.82) is 0 Å². The zero-order valence-electron chi connectivity index (χ0n) is 13.2. The number of nitrogen functional groups attached to an aromatic ring is 2. The van der Waals surface area contributed by atoms with Crippen molar-refractivity contribution >= 4 is 11.4 Å². The quantitative estimate of drug-likeness (QED) is 0.512. The van der Waals surface area contributed by atoms with Crippen molar-refractivity contribution in [2.45, 2.75) is 12.5 Å². The zero-order chi connectivity index (χ0) is 16.4. The SMILES string of the molecule is Cc1c(C(N)(c2ccccc2)c2ccccc2)ccc(N)c1N. The fourth-order valence-corrected chi connectivity index (χ4v) is 3.06. The minimum absolute atomic E-state index is 0.578. The minimum Gasteiger partial charge on any atom is -0.397 e. The van der Waals surface area contributed by atoms with Crippen molar-refractivity contribution in [3.63, 3.8) is 0 Å². The average molecular weight is 303 g/mol. The summed E-state index contributed by atoms with van der Waals surface area (Å²) in [6.45, 7) is 1.97. The van der Waals surface area contributed by atoms with E-state index in [0.717, 1.165) is 22.3 Å². The van der Waals surface area contributed by atoms with Crippen LogP contribution in [0, 0.1) is 6.92 Å². The van der Waals surface area contributed by atoms with Crippen LogP contribution in [0.2, 0.25) is 0 Å². The van der Waals surface area contributed by atoms with Crippen LogP contribution < -0.4 is 17.2 Å². The van der Waals surface area contributed by atoms with Gasteiger partial charge in [-0.3, -0.25) is 0 Å². The summed E-state index contributed by atoms with van der Waals surface area (Å²) in [5, 5.41) is 0. The highest BCUT2D eigenvalue weighted by Crippen LogP contribution is 2.38. The van der Waals surface area contributed by atoms with E-state index in [1.54, 1.807) is 0 Å². The predicted molar refractivity (Wildman–Crippen MR) is 97.0 cm³/mol. The van der Waals surface area contributed by atoms with Gasteiger partial charge >= 0.3 is 0 Å². The molecule has 3 heteroatoms. The third-order valence-corrected chi connectivity index (χ3v) is 4.43. The predicted octanol–water partition coefficient (Wildman–Crippen LogP) is 3.41. The molecule has 0 atom stereocenters. The summed E-state index contributed by atoms with van der Waals surface area (Å²) >= 11 is 0. The highest BCUT2D eigenvalue weighted by atomic mass is 14.8. The fourth-order valence-electron chi connectivity index (χ4n) is 3.06. The lowest BCUT2D eigenvalue weighted by atomic mass is 9.76. The van der Waals surface area contributed by atoms with Crippen molar-refractivity contribution in [2.75, 3.05) is 11.5 Å². The van der Waals surface area contributed by atoms with Gasteiger partial charge in [0.15, 0.2) is 0 Å². The number of benzene rings is 3. The van der Waals surface area contributed by atoms with Crippen LogP contribution in [0.4, 0.5) is 11.4 Å². The van der Waals surface area contributed by atoms with Gasteiger partial charge in [0, 0.05) is 0 Å². The molecule has 0 amide bonds. The maximum Gasteiger partial charge on any atom is 0.0926 e. The number of nitrogens with two attached hydrogens (primary N) is 3. The summed E-state index contributed by atoms with van der Waals surface area (Å²) in [4.78, 5) is 0. The van der Waals surface area contributed by atoms with Crippen LogP contribution in [0.25, 0.3) is 0 Å². The smallest absolute Gasteiger partial charge is 0.0926 e. The van der Waals surface area contributed by atoms with Gasteiger partial charge < -0.3 is 17.2 Å². The molecule has 0 fully saturated rings. The van der Waals surface area contributed by atoms with E-state index in [4.69, 9.17) is 17.2 Å². The second-order valence-corrected chi connectivity index (χ2v) is 5.78. The van der Waals surface area contributed by atoms with Gasteiger partial charge in [0.1, 0.15) is 0 Å². The van der Waals surface area contributed by atoms with E-state index in [-0.39, 0.29) is 0 Å². The van der Waals surface area contributed by atoms with Crippen LogP contribution in [0.5, 0.6) is 0 Å². The van der Waals surface area contributed by atoms with Gasteiger partial charge in [-0.05, 0) is 35.2 Å². The molecule has 0 aromatic heterocycles. The van der Waals surface area contributed by atoms with E-state index in [9.17, 15) is 0 Å². The Labute approximate surface area is 136 Å². The van der Waals surface area contributed by atoms with Crippen molar-refractivity contribution in [3.8, 4) is 0 Å². The lowest BCUT2D eigenvalue weighted by Crippen LogP contribution is -2.40. The molecule has 0 saturated carbocycles. The molecule has 116 valence electrons. The van der Waals surface area contributed by atoms with E-state index in [0.29, 0.717) is 11.4 Å². The highest BCUT2D eigenvalue weighted by molar-refractivity contribution is 5.71. The molecule has 0 bridgehead atoms. The van der Waals surface area contributed by atoms with Gasteiger partial charge in [-0.1, -0.05) is 66.7 Å². The van der Waals surface area contributed by atoms with Crippen LogP contribution >= 0.6 is 0 Å². The third kappa shape index (κ3) is 2.45. The normalized spacial score (nSPS) is 11.4. The molecule has 3 aromatic carbocycles.